The van der Waals surface area contributed by atoms with Gasteiger partial charge in [-0.1, -0.05) is 43.0 Å². The molecule has 1 aliphatic carbocycles. The van der Waals surface area contributed by atoms with Crippen molar-refractivity contribution in [3.8, 4) is 0 Å². The fraction of sp³-hybridized carbons (Fsp3) is 0.522. The molecule has 0 radical (unpaired) electrons. The highest BCUT2D eigenvalue weighted by Gasteiger charge is 2.31. The van der Waals surface area contributed by atoms with Crippen LogP contribution in [-0.2, 0) is 22.7 Å². The van der Waals surface area contributed by atoms with Gasteiger partial charge in [0.15, 0.2) is 9.84 Å². The van der Waals surface area contributed by atoms with Crippen LogP contribution >= 0.6 is 11.6 Å². The van der Waals surface area contributed by atoms with Crippen molar-refractivity contribution in [1.29, 1.82) is 0 Å². The summed E-state index contributed by atoms with van der Waals surface area (Å²) in [5, 5.41) is 7.37. The minimum atomic E-state index is -3.24. The largest absolute Gasteiger partial charge is 0.376 e. The second-order valence-corrected chi connectivity index (χ2v) is 11.1. The summed E-state index contributed by atoms with van der Waals surface area (Å²) in [5.41, 5.74) is 4.20. The smallest absolute Gasteiger partial charge is 0.155 e. The summed E-state index contributed by atoms with van der Waals surface area (Å²) in [7, 11) is -3.24. The molecule has 30 heavy (non-hydrogen) atoms. The van der Waals surface area contributed by atoms with Gasteiger partial charge in [0.05, 0.1) is 27.8 Å². The van der Waals surface area contributed by atoms with Gasteiger partial charge in [-0.15, -0.1) is 0 Å². The van der Waals surface area contributed by atoms with Crippen LogP contribution in [0.15, 0.2) is 36.7 Å². The van der Waals surface area contributed by atoms with Crippen LogP contribution in [0.1, 0.15) is 54.8 Å². The maximum absolute atomic E-state index is 13.3. The first kappa shape index (κ1) is 21.6. The van der Waals surface area contributed by atoms with Crippen molar-refractivity contribution in [3.63, 3.8) is 0 Å². The molecule has 1 unspecified atom stereocenters. The number of sulfone groups is 1. The molecule has 7 heteroatoms. The standard InChI is InChI=1S/C23H30ClN3O2S/c24-21-9-8-17-10-13-25-14-11-20(17)23(21)27-22(18-5-4-12-26-15-18)16-30(28,29)19-6-2-1-3-7-19/h4-5,8-9,12,15,19,22,25,27H,1-3,6-7,10-11,13-14,16H2. The van der Waals surface area contributed by atoms with E-state index in [0.717, 1.165) is 69.3 Å². The van der Waals surface area contributed by atoms with Crippen molar-refractivity contribution in [2.75, 3.05) is 24.2 Å². The molecule has 2 aliphatic rings. The van der Waals surface area contributed by atoms with Crippen molar-refractivity contribution in [3.05, 3.63) is 58.4 Å². The zero-order chi connectivity index (χ0) is 21.0. The van der Waals surface area contributed by atoms with Crippen molar-refractivity contribution >= 4 is 27.1 Å². The van der Waals surface area contributed by atoms with Gasteiger partial charge in [0, 0.05) is 12.4 Å². The Morgan fingerprint density at radius 2 is 1.93 bits per heavy atom. The van der Waals surface area contributed by atoms with Crippen LogP contribution in [0.25, 0.3) is 0 Å². The lowest BCUT2D eigenvalue weighted by Gasteiger charge is -2.27. The summed E-state index contributed by atoms with van der Waals surface area (Å²) in [6.45, 7) is 1.83. The van der Waals surface area contributed by atoms with Gasteiger partial charge < -0.3 is 10.6 Å². The second-order valence-electron chi connectivity index (χ2n) is 8.38. The van der Waals surface area contributed by atoms with Gasteiger partial charge in [0.2, 0.25) is 0 Å². The Morgan fingerprint density at radius 1 is 1.13 bits per heavy atom. The van der Waals surface area contributed by atoms with E-state index in [-0.39, 0.29) is 17.0 Å². The molecule has 5 nitrogen and oxygen atoms in total. The Labute approximate surface area is 184 Å². The molecule has 1 aromatic heterocycles. The second kappa shape index (κ2) is 9.67. The minimum Gasteiger partial charge on any atom is -0.376 e. The van der Waals surface area contributed by atoms with Crippen LogP contribution < -0.4 is 10.6 Å². The fourth-order valence-electron chi connectivity index (χ4n) is 4.67. The van der Waals surface area contributed by atoms with Crippen molar-refractivity contribution < 1.29 is 8.42 Å². The number of anilines is 1. The highest BCUT2D eigenvalue weighted by molar-refractivity contribution is 7.92. The van der Waals surface area contributed by atoms with E-state index in [1.165, 1.54) is 11.1 Å². The number of pyridine rings is 1. The molecular formula is C23H30ClN3O2S. The molecule has 1 saturated carbocycles. The molecular weight excluding hydrogens is 418 g/mol. The van der Waals surface area contributed by atoms with Gasteiger partial charge in [-0.05, 0) is 67.6 Å². The lowest BCUT2D eigenvalue weighted by molar-refractivity contribution is 0.482. The molecule has 2 heterocycles. The monoisotopic (exact) mass is 447 g/mol. The van der Waals surface area contributed by atoms with Crippen LogP contribution in [0.4, 0.5) is 5.69 Å². The number of benzene rings is 1. The van der Waals surface area contributed by atoms with E-state index in [0.29, 0.717) is 5.02 Å². The number of hydrogen-bond donors (Lipinski definition) is 2. The van der Waals surface area contributed by atoms with Crippen LogP contribution in [0.2, 0.25) is 5.02 Å². The molecule has 1 atom stereocenters. The Bertz CT molecular complexity index is 960. The van der Waals surface area contributed by atoms with Gasteiger partial charge >= 0.3 is 0 Å². The summed E-state index contributed by atoms with van der Waals surface area (Å²) in [5.74, 6) is 0.0571. The Kier molecular flexibility index (Phi) is 6.96. The topological polar surface area (TPSA) is 71.1 Å². The predicted octanol–water partition coefficient (Wildman–Crippen LogP) is 4.32. The summed E-state index contributed by atoms with van der Waals surface area (Å²) < 4.78 is 26.6. The van der Waals surface area contributed by atoms with Gasteiger partial charge in [-0.2, -0.15) is 0 Å². The lowest BCUT2D eigenvalue weighted by Crippen LogP contribution is -2.31. The Balaban J connectivity index is 1.66. The molecule has 0 spiro atoms. The van der Waals surface area contributed by atoms with E-state index < -0.39 is 9.84 Å². The number of hydrogen-bond acceptors (Lipinski definition) is 5. The highest BCUT2D eigenvalue weighted by atomic mass is 35.5. The van der Waals surface area contributed by atoms with E-state index in [2.05, 4.69) is 21.7 Å². The highest BCUT2D eigenvalue weighted by Crippen LogP contribution is 2.35. The first-order valence-corrected chi connectivity index (χ1v) is 13.0. The molecule has 1 fully saturated rings. The van der Waals surface area contributed by atoms with Crippen LogP contribution in [0.3, 0.4) is 0 Å². The molecule has 1 aromatic carbocycles. The molecule has 0 bridgehead atoms. The van der Waals surface area contributed by atoms with Crippen LogP contribution in [0, 0.1) is 0 Å². The molecule has 1 aliphatic heterocycles. The Hall–Kier alpha value is -1.63. The number of rotatable bonds is 6. The maximum Gasteiger partial charge on any atom is 0.155 e. The van der Waals surface area contributed by atoms with Gasteiger partial charge in [0.25, 0.3) is 0 Å². The molecule has 2 N–H and O–H groups in total. The molecule has 0 saturated heterocycles. The van der Waals surface area contributed by atoms with Crippen molar-refractivity contribution in [2.24, 2.45) is 0 Å². The molecule has 4 rings (SSSR count). The SMILES string of the molecule is O=S(=O)(CC(Nc1c(Cl)ccc2c1CCNCC2)c1cccnc1)C1CCCCC1. The summed E-state index contributed by atoms with van der Waals surface area (Å²) >= 11 is 6.62. The first-order chi connectivity index (χ1) is 14.5. The van der Waals surface area contributed by atoms with Gasteiger partial charge in [-0.25, -0.2) is 8.42 Å². The van der Waals surface area contributed by atoms with E-state index >= 15 is 0 Å². The van der Waals surface area contributed by atoms with E-state index in [1.807, 2.05) is 18.2 Å². The van der Waals surface area contributed by atoms with Crippen LogP contribution in [-0.4, -0.2) is 37.5 Å². The van der Waals surface area contributed by atoms with Crippen molar-refractivity contribution in [1.82, 2.24) is 10.3 Å². The quantitative estimate of drug-likeness (QED) is 0.689. The maximum atomic E-state index is 13.3. The van der Waals surface area contributed by atoms with Crippen molar-refractivity contribution in [2.45, 2.75) is 56.2 Å². The van der Waals surface area contributed by atoms with Crippen LogP contribution in [0.5, 0.6) is 0 Å². The molecule has 2 aromatic rings. The number of aromatic nitrogens is 1. The number of fused-ring (bicyclic) bond motifs is 1. The Morgan fingerprint density at radius 3 is 2.70 bits per heavy atom. The molecule has 162 valence electrons. The third kappa shape index (κ3) is 4.98. The fourth-order valence-corrected chi connectivity index (χ4v) is 6.97. The third-order valence-electron chi connectivity index (χ3n) is 6.35. The number of nitrogens with zero attached hydrogens (tertiary/aromatic N) is 1. The van der Waals surface area contributed by atoms with Gasteiger partial charge in [0.1, 0.15) is 0 Å². The number of nitrogens with one attached hydrogen (secondary N) is 2. The summed E-state index contributed by atoms with van der Waals surface area (Å²) in [6, 6.07) is 7.43. The molecule has 0 amide bonds. The lowest BCUT2D eigenvalue weighted by atomic mass is 9.99. The average Bonchev–Trinajstić information content (AvgIpc) is 3.02. The summed E-state index contributed by atoms with van der Waals surface area (Å²) in [6.07, 6.45) is 9.96. The number of halogens is 1. The minimum absolute atomic E-state index is 0.0571. The van der Waals surface area contributed by atoms with Gasteiger partial charge in [-0.3, -0.25) is 4.98 Å². The zero-order valence-electron chi connectivity index (χ0n) is 17.2. The third-order valence-corrected chi connectivity index (χ3v) is 8.95. The first-order valence-electron chi connectivity index (χ1n) is 10.9. The summed E-state index contributed by atoms with van der Waals surface area (Å²) in [4.78, 5) is 4.24. The van der Waals surface area contributed by atoms with E-state index in [1.54, 1.807) is 12.4 Å². The van der Waals surface area contributed by atoms with E-state index in [4.69, 9.17) is 11.6 Å². The van der Waals surface area contributed by atoms with E-state index in [9.17, 15) is 8.42 Å². The zero-order valence-corrected chi connectivity index (χ0v) is 18.8. The predicted molar refractivity (Wildman–Crippen MR) is 123 cm³/mol. The normalized spacial score (nSPS) is 19.0. The average molecular weight is 448 g/mol.